The maximum atomic E-state index is 5.98. The van der Waals surface area contributed by atoms with E-state index in [4.69, 9.17) is 16.3 Å². The topological polar surface area (TPSA) is 21.3 Å². The van der Waals surface area contributed by atoms with Crippen molar-refractivity contribution in [3.05, 3.63) is 21.3 Å². The minimum Gasteiger partial charge on any atom is -0.383 e. The third-order valence-corrected chi connectivity index (χ3v) is 4.81. The van der Waals surface area contributed by atoms with Crippen molar-refractivity contribution in [3.63, 3.8) is 0 Å². The summed E-state index contributed by atoms with van der Waals surface area (Å²) >= 11 is 7.70. The van der Waals surface area contributed by atoms with Crippen molar-refractivity contribution in [2.45, 2.75) is 25.7 Å². The zero-order chi connectivity index (χ0) is 12.1. The zero-order valence-electron chi connectivity index (χ0n) is 10.3. The standard InChI is InChI=1S/C13H20ClNOS/c1-16-8-7-15-10-13(5-2-6-13)9-11-3-4-12(14)17-11/h3-4,15H,2,5-10H2,1H3. The Labute approximate surface area is 112 Å². The molecule has 0 aliphatic heterocycles. The monoisotopic (exact) mass is 273 g/mol. The molecule has 1 aromatic rings. The van der Waals surface area contributed by atoms with E-state index in [9.17, 15) is 0 Å². The van der Waals surface area contributed by atoms with E-state index in [-0.39, 0.29) is 0 Å². The molecule has 1 aliphatic carbocycles. The molecule has 0 atom stereocenters. The van der Waals surface area contributed by atoms with Crippen molar-refractivity contribution in [1.29, 1.82) is 0 Å². The maximum Gasteiger partial charge on any atom is 0.0931 e. The molecule has 0 unspecified atom stereocenters. The smallest absolute Gasteiger partial charge is 0.0931 e. The minimum absolute atomic E-state index is 0.474. The molecule has 1 N–H and O–H groups in total. The SMILES string of the molecule is COCCNCC1(Cc2ccc(Cl)s2)CCC1. The molecule has 0 saturated heterocycles. The molecule has 0 bridgehead atoms. The summed E-state index contributed by atoms with van der Waals surface area (Å²) in [5, 5.41) is 3.50. The van der Waals surface area contributed by atoms with Gasteiger partial charge in [0.25, 0.3) is 0 Å². The number of thiophene rings is 1. The number of methoxy groups -OCH3 is 1. The second kappa shape index (κ2) is 6.19. The number of ether oxygens (including phenoxy) is 1. The lowest BCUT2D eigenvalue weighted by Crippen LogP contribution is -2.42. The summed E-state index contributed by atoms with van der Waals surface area (Å²) in [6.45, 7) is 2.84. The maximum absolute atomic E-state index is 5.98. The lowest BCUT2D eigenvalue weighted by atomic mass is 9.66. The lowest BCUT2D eigenvalue weighted by Gasteiger charge is -2.42. The number of rotatable bonds is 7. The summed E-state index contributed by atoms with van der Waals surface area (Å²) < 4.78 is 5.96. The fraction of sp³-hybridized carbons (Fsp3) is 0.692. The fourth-order valence-electron chi connectivity index (χ4n) is 2.44. The second-order valence-electron chi connectivity index (χ2n) is 4.91. The van der Waals surface area contributed by atoms with Gasteiger partial charge in [-0.05, 0) is 36.8 Å². The van der Waals surface area contributed by atoms with Crippen LogP contribution in [0.5, 0.6) is 0 Å². The molecule has 2 nitrogen and oxygen atoms in total. The van der Waals surface area contributed by atoms with Gasteiger partial charge >= 0.3 is 0 Å². The van der Waals surface area contributed by atoms with E-state index >= 15 is 0 Å². The van der Waals surface area contributed by atoms with E-state index in [2.05, 4.69) is 11.4 Å². The normalized spacial score (nSPS) is 18.0. The first kappa shape index (κ1) is 13.3. The van der Waals surface area contributed by atoms with Crippen LogP contribution in [0.2, 0.25) is 4.34 Å². The number of nitrogens with one attached hydrogen (secondary N) is 1. The Balaban J connectivity index is 1.82. The predicted molar refractivity (Wildman–Crippen MR) is 74.1 cm³/mol. The van der Waals surface area contributed by atoms with Gasteiger partial charge in [-0.2, -0.15) is 0 Å². The summed E-state index contributed by atoms with van der Waals surface area (Å²) in [7, 11) is 1.74. The molecule has 1 saturated carbocycles. The van der Waals surface area contributed by atoms with E-state index in [1.807, 2.05) is 6.07 Å². The van der Waals surface area contributed by atoms with Crippen molar-refractivity contribution in [2.75, 3.05) is 26.8 Å². The van der Waals surface area contributed by atoms with Crippen molar-refractivity contribution < 1.29 is 4.74 Å². The first-order valence-corrected chi connectivity index (χ1v) is 7.37. The van der Waals surface area contributed by atoms with Gasteiger partial charge in [0.2, 0.25) is 0 Å². The molecule has 0 amide bonds. The second-order valence-corrected chi connectivity index (χ2v) is 6.71. The van der Waals surface area contributed by atoms with Crippen molar-refractivity contribution in [3.8, 4) is 0 Å². The van der Waals surface area contributed by atoms with Crippen LogP contribution in [0.25, 0.3) is 0 Å². The molecule has 96 valence electrons. The number of hydrogen-bond acceptors (Lipinski definition) is 3. The molecule has 1 heterocycles. The third-order valence-electron chi connectivity index (χ3n) is 3.58. The molecule has 0 aromatic carbocycles. The minimum atomic E-state index is 0.474. The summed E-state index contributed by atoms with van der Waals surface area (Å²) in [5.74, 6) is 0. The van der Waals surface area contributed by atoms with Crippen LogP contribution in [-0.2, 0) is 11.2 Å². The van der Waals surface area contributed by atoms with Crippen LogP contribution >= 0.6 is 22.9 Å². The van der Waals surface area contributed by atoms with Crippen molar-refractivity contribution >= 4 is 22.9 Å². The van der Waals surface area contributed by atoms with Gasteiger partial charge in [-0.3, -0.25) is 0 Å². The van der Waals surface area contributed by atoms with Gasteiger partial charge in [0.15, 0.2) is 0 Å². The van der Waals surface area contributed by atoms with E-state index in [0.29, 0.717) is 5.41 Å². The first-order chi connectivity index (χ1) is 8.24. The summed E-state index contributed by atoms with van der Waals surface area (Å²) in [5.41, 5.74) is 0.474. The Morgan fingerprint density at radius 3 is 2.82 bits per heavy atom. The van der Waals surface area contributed by atoms with Crippen LogP contribution in [0.3, 0.4) is 0 Å². The molecular formula is C13H20ClNOS. The van der Waals surface area contributed by atoms with Crippen LogP contribution in [0.1, 0.15) is 24.1 Å². The summed E-state index contributed by atoms with van der Waals surface area (Å²) in [6, 6.07) is 4.18. The molecule has 17 heavy (non-hydrogen) atoms. The van der Waals surface area contributed by atoms with E-state index in [0.717, 1.165) is 24.0 Å². The van der Waals surface area contributed by atoms with Gasteiger partial charge in [-0.25, -0.2) is 0 Å². The molecule has 1 aliphatic rings. The lowest BCUT2D eigenvalue weighted by molar-refractivity contribution is 0.124. The van der Waals surface area contributed by atoms with Gasteiger partial charge in [0, 0.05) is 25.1 Å². The Morgan fingerprint density at radius 1 is 1.47 bits per heavy atom. The molecule has 2 rings (SSSR count). The average Bonchev–Trinajstić information content (AvgIpc) is 2.66. The molecule has 4 heteroatoms. The fourth-order valence-corrected chi connectivity index (χ4v) is 3.70. The predicted octanol–water partition coefficient (Wildman–Crippen LogP) is 3.35. The van der Waals surface area contributed by atoms with Gasteiger partial charge in [0.05, 0.1) is 10.9 Å². The zero-order valence-corrected chi connectivity index (χ0v) is 11.9. The summed E-state index contributed by atoms with van der Waals surface area (Å²) in [6.07, 6.45) is 5.21. The number of halogens is 1. The van der Waals surface area contributed by atoms with E-state index in [1.165, 1.54) is 30.6 Å². The van der Waals surface area contributed by atoms with Crippen LogP contribution < -0.4 is 5.32 Å². The van der Waals surface area contributed by atoms with Gasteiger partial charge in [-0.1, -0.05) is 18.0 Å². The largest absolute Gasteiger partial charge is 0.383 e. The van der Waals surface area contributed by atoms with Crippen molar-refractivity contribution in [2.24, 2.45) is 5.41 Å². The highest BCUT2D eigenvalue weighted by Crippen LogP contribution is 2.44. The van der Waals surface area contributed by atoms with Gasteiger partial charge < -0.3 is 10.1 Å². The third kappa shape index (κ3) is 3.68. The Morgan fingerprint density at radius 2 is 2.29 bits per heavy atom. The first-order valence-electron chi connectivity index (χ1n) is 6.18. The highest BCUT2D eigenvalue weighted by molar-refractivity contribution is 7.16. The molecule has 0 radical (unpaired) electrons. The quantitative estimate of drug-likeness (QED) is 0.770. The van der Waals surface area contributed by atoms with Crippen LogP contribution in [-0.4, -0.2) is 26.8 Å². The molecule has 1 fully saturated rings. The van der Waals surface area contributed by atoms with E-state index < -0.39 is 0 Å². The molecule has 1 aromatic heterocycles. The van der Waals surface area contributed by atoms with Gasteiger partial charge in [-0.15, -0.1) is 11.3 Å². The highest BCUT2D eigenvalue weighted by Gasteiger charge is 2.36. The Bertz CT molecular complexity index is 349. The summed E-state index contributed by atoms with van der Waals surface area (Å²) in [4.78, 5) is 1.42. The highest BCUT2D eigenvalue weighted by atomic mass is 35.5. The molecular weight excluding hydrogens is 254 g/mol. The number of hydrogen-bond donors (Lipinski definition) is 1. The Hall–Kier alpha value is -0.0900. The van der Waals surface area contributed by atoms with E-state index in [1.54, 1.807) is 18.4 Å². The van der Waals surface area contributed by atoms with Crippen LogP contribution in [0, 0.1) is 5.41 Å². The van der Waals surface area contributed by atoms with Crippen LogP contribution in [0.4, 0.5) is 0 Å². The van der Waals surface area contributed by atoms with Crippen LogP contribution in [0.15, 0.2) is 12.1 Å². The van der Waals surface area contributed by atoms with Gasteiger partial charge in [0.1, 0.15) is 0 Å². The average molecular weight is 274 g/mol. The molecule has 0 spiro atoms. The van der Waals surface area contributed by atoms with Crippen molar-refractivity contribution in [1.82, 2.24) is 5.32 Å². The Kier molecular flexibility index (Phi) is 4.86.